The van der Waals surface area contributed by atoms with Crippen molar-refractivity contribution in [3.8, 4) is 5.69 Å². The molecule has 178 valence electrons. The van der Waals surface area contributed by atoms with Crippen LogP contribution in [-0.2, 0) is 6.42 Å². The van der Waals surface area contributed by atoms with Gasteiger partial charge in [-0.05, 0) is 54.8 Å². The van der Waals surface area contributed by atoms with Gasteiger partial charge in [-0.2, -0.15) is 5.10 Å². The van der Waals surface area contributed by atoms with Crippen LogP contribution in [0.4, 0.5) is 8.78 Å². The maximum atomic E-state index is 15.0. The van der Waals surface area contributed by atoms with Gasteiger partial charge in [0, 0.05) is 23.6 Å². The zero-order chi connectivity index (χ0) is 24.5. The van der Waals surface area contributed by atoms with Crippen molar-refractivity contribution in [2.45, 2.75) is 38.1 Å². The van der Waals surface area contributed by atoms with Gasteiger partial charge in [0.05, 0.1) is 11.4 Å². The summed E-state index contributed by atoms with van der Waals surface area (Å²) in [5.41, 5.74) is 5.98. The van der Waals surface area contributed by atoms with E-state index in [2.05, 4.69) is 52.3 Å². The molecule has 35 heavy (non-hydrogen) atoms. The van der Waals surface area contributed by atoms with Gasteiger partial charge in [0.2, 0.25) is 0 Å². The SMILES string of the molecule is C=C(N[C@H](C)c1ccccc1)c1nn(-c2ccc(F)cc2F)c2c1CCCC2c1cccc(P)c1. The van der Waals surface area contributed by atoms with E-state index in [-0.39, 0.29) is 17.6 Å². The van der Waals surface area contributed by atoms with Crippen LogP contribution in [0.15, 0.2) is 79.4 Å². The van der Waals surface area contributed by atoms with Crippen LogP contribution in [-0.4, -0.2) is 9.78 Å². The highest BCUT2D eigenvalue weighted by Crippen LogP contribution is 2.41. The van der Waals surface area contributed by atoms with Crippen molar-refractivity contribution in [3.05, 3.63) is 119 Å². The van der Waals surface area contributed by atoms with Gasteiger partial charge in [0.15, 0.2) is 5.82 Å². The molecule has 1 aliphatic rings. The maximum absolute atomic E-state index is 15.0. The van der Waals surface area contributed by atoms with Crippen molar-refractivity contribution in [1.82, 2.24) is 15.1 Å². The number of hydrogen-bond donors (Lipinski definition) is 1. The highest BCUT2D eigenvalue weighted by molar-refractivity contribution is 7.27. The molecule has 6 heteroatoms. The van der Waals surface area contributed by atoms with E-state index in [1.165, 1.54) is 12.1 Å². The Bertz CT molecular complexity index is 1380. The molecule has 4 aromatic rings. The minimum atomic E-state index is -0.637. The molecule has 0 amide bonds. The van der Waals surface area contributed by atoms with E-state index in [1.54, 1.807) is 4.68 Å². The molecule has 3 atom stereocenters. The molecule has 1 aliphatic carbocycles. The van der Waals surface area contributed by atoms with Gasteiger partial charge in [-0.25, -0.2) is 13.5 Å². The highest BCUT2D eigenvalue weighted by atomic mass is 31.0. The predicted octanol–water partition coefficient (Wildman–Crippen LogP) is 6.44. The molecule has 1 heterocycles. The topological polar surface area (TPSA) is 29.9 Å². The smallest absolute Gasteiger partial charge is 0.151 e. The van der Waals surface area contributed by atoms with Crippen LogP contribution in [0.3, 0.4) is 0 Å². The largest absolute Gasteiger partial charge is 0.377 e. The second kappa shape index (κ2) is 9.75. The van der Waals surface area contributed by atoms with Gasteiger partial charge in [0.25, 0.3) is 0 Å². The lowest BCUT2D eigenvalue weighted by molar-refractivity contribution is 0.555. The first kappa shape index (κ1) is 23.4. The van der Waals surface area contributed by atoms with E-state index in [0.29, 0.717) is 5.70 Å². The number of nitrogens with one attached hydrogen (secondary N) is 1. The van der Waals surface area contributed by atoms with E-state index >= 15 is 0 Å². The monoisotopic (exact) mass is 487 g/mol. The first-order chi connectivity index (χ1) is 16.9. The van der Waals surface area contributed by atoms with Crippen LogP contribution >= 0.6 is 9.24 Å². The summed E-state index contributed by atoms with van der Waals surface area (Å²) in [5, 5.41) is 9.47. The zero-order valence-electron chi connectivity index (χ0n) is 19.6. The Kier molecular flexibility index (Phi) is 6.53. The summed E-state index contributed by atoms with van der Waals surface area (Å²) < 4.78 is 30.4. The quantitative estimate of drug-likeness (QED) is 0.317. The normalized spacial score (nSPS) is 15.9. The molecular formula is C29H28F2N3P. The standard InChI is InChI=1S/C29H28F2N3P/c1-18(20-8-4-3-5-9-20)32-19(2)28-25-13-7-12-24(21-10-6-11-23(35)16-21)29(25)34(33-28)27-15-14-22(30)17-26(27)31/h3-6,8-11,14-18,24,32H,2,7,12-13,35H2,1H3/t18-,24?/m1/s1. The summed E-state index contributed by atoms with van der Waals surface area (Å²) >= 11 is 0. The molecule has 1 aromatic heterocycles. The highest BCUT2D eigenvalue weighted by Gasteiger charge is 2.32. The van der Waals surface area contributed by atoms with Crippen LogP contribution in [0.2, 0.25) is 0 Å². The third kappa shape index (κ3) is 4.66. The summed E-state index contributed by atoms with van der Waals surface area (Å²) in [6, 6.07) is 22.1. The molecule has 3 aromatic carbocycles. The fraction of sp³-hybridized carbons (Fsp3) is 0.207. The summed E-state index contributed by atoms with van der Waals surface area (Å²) in [5.74, 6) is -1.20. The molecule has 0 aliphatic heterocycles. The van der Waals surface area contributed by atoms with Crippen molar-refractivity contribution in [2.24, 2.45) is 0 Å². The fourth-order valence-electron chi connectivity index (χ4n) is 5.02. The molecular weight excluding hydrogens is 459 g/mol. The maximum Gasteiger partial charge on any atom is 0.151 e. The lowest BCUT2D eigenvalue weighted by Gasteiger charge is -2.26. The fourth-order valence-corrected chi connectivity index (χ4v) is 5.33. The Morgan fingerprint density at radius 3 is 2.63 bits per heavy atom. The lowest BCUT2D eigenvalue weighted by atomic mass is 9.81. The van der Waals surface area contributed by atoms with Gasteiger partial charge in [-0.1, -0.05) is 61.2 Å². The number of benzene rings is 3. The molecule has 0 saturated heterocycles. The summed E-state index contributed by atoms with van der Waals surface area (Å²) in [6.45, 7) is 6.39. The van der Waals surface area contributed by atoms with Crippen LogP contribution in [0.25, 0.3) is 11.4 Å². The Hall–Kier alpha value is -3.30. The molecule has 3 nitrogen and oxygen atoms in total. The van der Waals surface area contributed by atoms with E-state index < -0.39 is 11.6 Å². The predicted molar refractivity (Wildman–Crippen MR) is 141 cm³/mol. The molecule has 1 N–H and O–H groups in total. The Morgan fingerprint density at radius 1 is 1.09 bits per heavy atom. The summed E-state index contributed by atoms with van der Waals surface area (Å²) in [6.07, 6.45) is 2.74. The Morgan fingerprint density at radius 2 is 1.89 bits per heavy atom. The average molecular weight is 488 g/mol. The van der Waals surface area contributed by atoms with Crippen molar-refractivity contribution in [3.63, 3.8) is 0 Å². The lowest BCUT2D eigenvalue weighted by Crippen LogP contribution is -2.18. The van der Waals surface area contributed by atoms with E-state index in [1.807, 2.05) is 30.3 Å². The van der Waals surface area contributed by atoms with E-state index in [4.69, 9.17) is 5.10 Å². The van der Waals surface area contributed by atoms with Crippen LogP contribution in [0.1, 0.15) is 59.8 Å². The first-order valence-electron chi connectivity index (χ1n) is 11.9. The van der Waals surface area contributed by atoms with Gasteiger partial charge >= 0.3 is 0 Å². The number of fused-ring (bicyclic) bond motifs is 1. The number of rotatable bonds is 6. The van der Waals surface area contributed by atoms with Gasteiger partial charge in [0.1, 0.15) is 17.2 Å². The number of halogens is 2. The van der Waals surface area contributed by atoms with Crippen molar-refractivity contribution in [1.29, 1.82) is 0 Å². The number of hydrogen-bond acceptors (Lipinski definition) is 2. The third-order valence-electron chi connectivity index (χ3n) is 6.70. The Balaban J connectivity index is 1.62. The number of aromatic nitrogens is 2. The van der Waals surface area contributed by atoms with Gasteiger partial charge in [-0.15, -0.1) is 9.24 Å². The minimum Gasteiger partial charge on any atom is -0.377 e. The van der Waals surface area contributed by atoms with Crippen LogP contribution in [0.5, 0.6) is 0 Å². The third-order valence-corrected chi connectivity index (χ3v) is 7.06. The number of nitrogens with zero attached hydrogens (tertiary/aromatic N) is 2. The van der Waals surface area contributed by atoms with Crippen LogP contribution < -0.4 is 10.6 Å². The molecule has 2 unspecified atom stereocenters. The van der Waals surface area contributed by atoms with Crippen LogP contribution in [0, 0.1) is 11.6 Å². The Labute approximate surface area is 207 Å². The molecule has 5 rings (SSSR count). The summed E-state index contributed by atoms with van der Waals surface area (Å²) in [7, 11) is 2.74. The van der Waals surface area contributed by atoms with E-state index in [9.17, 15) is 8.78 Å². The second-order valence-electron chi connectivity index (χ2n) is 9.09. The zero-order valence-corrected chi connectivity index (χ0v) is 20.8. The van der Waals surface area contributed by atoms with Crippen molar-refractivity contribution in [2.75, 3.05) is 0 Å². The summed E-state index contributed by atoms with van der Waals surface area (Å²) in [4.78, 5) is 0. The van der Waals surface area contributed by atoms with Crippen molar-refractivity contribution < 1.29 is 8.78 Å². The second-order valence-corrected chi connectivity index (χ2v) is 9.76. The molecule has 0 fully saturated rings. The van der Waals surface area contributed by atoms with E-state index in [0.717, 1.165) is 58.7 Å². The first-order valence-corrected chi connectivity index (χ1v) is 12.4. The van der Waals surface area contributed by atoms with Gasteiger partial charge in [-0.3, -0.25) is 0 Å². The van der Waals surface area contributed by atoms with Gasteiger partial charge < -0.3 is 5.32 Å². The molecule has 0 radical (unpaired) electrons. The molecule has 0 spiro atoms. The molecule has 0 bridgehead atoms. The van der Waals surface area contributed by atoms with Crippen molar-refractivity contribution >= 4 is 20.2 Å². The minimum absolute atomic E-state index is 0.0280. The average Bonchev–Trinajstić information content (AvgIpc) is 3.24. The molecule has 0 saturated carbocycles.